The van der Waals surface area contributed by atoms with Crippen molar-refractivity contribution in [3.8, 4) is 0 Å². The summed E-state index contributed by atoms with van der Waals surface area (Å²) >= 11 is 3.14. The van der Waals surface area contributed by atoms with Crippen LogP contribution in [0.25, 0.3) is 0 Å². The Morgan fingerprint density at radius 2 is 1.95 bits per heavy atom. The van der Waals surface area contributed by atoms with Crippen LogP contribution in [0.4, 0.5) is 18.0 Å². The van der Waals surface area contributed by atoms with Gasteiger partial charge in [0.25, 0.3) is 0 Å². The van der Waals surface area contributed by atoms with Gasteiger partial charge in [-0.15, -0.1) is 0 Å². The summed E-state index contributed by atoms with van der Waals surface area (Å²) in [6, 6.07) is 3.15. The Morgan fingerprint density at radius 3 is 2.73 bits per heavy atom. The first-order valence-corrected chi connectivity index (χ1v) is 6.98. The molecule has 0 spiro atoms. The van der Waals surface area contributed by atoms with Crippen molar-refractivity contribution in [2.75, 3.05) is 0 Å². The average molecular weight is 373 g/mol. The fraction of sp³-hybridized carbons (Fsp3) is 0.143. The molecule has 1 fully saturated rings. The van der Waals surface area contributed by atoms with Crippen molar-refractivity contribution in [2.24, 2.45) is 0 Å². The molecule has 0 radical (unpaired) electrons. The number of benzene rings is 1. The van der Waals surface area contributed by atoms with Crippen molar-refractivity contribution in [1.29, 1.82) is 0 Å². The first kappa shape index (κ1) is 14.8. The molecule has 2 aromatic rings. The number of carbonyl (C=O) groups excluding carboxylic acids is 1. The monoisotopic (exact) mass is 372 g/mol. The molecule has 2 atom stereocenters. The molecule has 1 aromatic carbocycles. The van der Waals surface area contributed by atoms with Gasteiger partial charge >= 0.3 is 6.09 Å². The number of pyridine rings is 1. The van der Waals surface area contributed by atoms with E-state index in [-0.39, 0.29) is 11.1 Å². The second kappa shape index (κ2) is 5.60. The largest absolute Gasteiger partial charge is 0.439 e. The molecule has 1 saturated heterocycles. The molecule has 0 saturated carbocycles. The minimum atomic E-state index is -1.20. The lowest BCUT2D eigenvalue weighted by Gasteiger charge is -2.18. The third-order valence-electron chi connectivity index (χ3n) is 3.24. The van der Waals surface area contributed by atoms with Crippen molar-refractivity contribution < 1.29 is 22.7 Å². The van der Waals surface area contributed by atoms with Crippen LogP contribution in [0.2, 0.25) is 0 Å². The number of nitrogens with zero attached hydrogens (tertiary/aromatic N) is 1. The highest BCUT2D eigenvalue weighted by atomic mass is 79.9. The first-order valence-electron chi connectivity index (χ1n) is 6.19. The van der Waals surface area contributed by atoms with Crippen molar-refractivity contribution >= 4 is 22.0 Å². The second-order valence-corrected chi connectivity index (χ2v) is 5.56. The predicted octanol–water partition coefficient (Wildman–Crippen LogP) is 3.78. The Balaban J connectivity index is 2.08. The summed E-state index contributed by atoms with van der Waals surface area (Å²) in [6.45, 7) is 0. The van der Waals surface area contributed by atoms with Crippen LogP contribution >= 0.6 is 15.9 Å². The van der Waals surface area contributed by atoms with Gasteiger partial charge in [0.05, 0.1) is 0 Å². The van der Waals surface area contributed by atoms with Crippen molar-refractivity contribution in [3.63, 3.8) is 0 Å². The zero-order valence-corrected chi connectivity index (χ0v) is 12.4. The van der Waals surface area contributed by atoms with Crippen molar-refractivity contribution in [3.05, 3.63) is 63.6 Å². The third kappa shape index (κ3) is 2.66. The van der Waals surface area contributed by atoms with Gasteiger partial charge in [-0.3, -0.25) is 0 Å². The Morgan fingerprint density at radius 1 is 1.18 bits per heavy atom. The number of alkyl carbamates (subject to hydrolysis) is 1. The Labute approximate surface area is 131 Å². The number of hydrogen-bond acceptors (Lipinski definition) is 3. The van der Waals surface area contributed by atoms with Crippen LogP contribution in [-0.2, 0) is 4.74 Å². The molecule has 3 rings (SSSR count). The molecule has 1 aliphatic rings. The lowest BCUT2D eigenvalue weighted by molar-refractivity contribution is 0.129. The standard InChI is InChI=1S/C14H8BrF3N2O2/c15-6-3-9(13(18)19-5-6)11-12(22-14(21)20-11)8-4-7(16)1-2-10(8)17/h1-5,11-12H,(H,20,21). The highest BCUT2D eigenvalue weighted by molar-refractivity contribution is 9.10. The van der Waals surface area contributed by atoms with Crippen molar-refractivity contribution in [1.82, 2.24) is 10.3 Å². The zero-order valence-electron chi connectivity index (χ0n) is 10.8. The molecule has 8 heteroatoms. The molecule has 2 heterocycles. The fourth-order valence-corrected chi connectivity index (χ4v) is 2.64. The molecular weight excluding hydrogens is 365 g/mol. The lowest BCUT2D eigenvalue weighted by Crippen LogP contribution is -2.21. The molecule has 114 valence electrons. The van der Waals surface area contributed by atoms with Gasteiger partial charge in [0.2, 0.25) is 5.95 Å². The Kier molecular flexibility index (Phi) is 3.78. The van der Waals surface area contributed by atoms with Gasteiger partial charge in [-0.2, -0.15) is 4.39 Å². The maximum atomic E-state index is 13.9. The third-order valence-corrected chi connectivity index (χ3v) is 3.68. The summed E-state index contributed by atoms with van der Waals surface area (Å²) < 4.78 is 46.6. The summed E-state index contributed by atoms with van der Waals surface area (Å²) in [4.78, 5) is 15.0. The Bertz CT molecular complexity index is 695. The summed E-state index contributed by atoms with van der Waals surface area (Å²) in [7, 11) is 0. The van der Waals surface area contributed by atoms with Crippen molar-refractivity contribution in [2.45, 2.75) is 12.1 Å². The summed E-state index contributed by atoms with van der Waals surface area (Å²) in [5.74, 6) is -2.27. The highest BCUT2D eigenvalue weighted by Gasteiger charge is 2.39. The number of cyclic esters (lactones) is 1. The number of rotatable bonds is 2. The molecular formula is C14H8BrF3N2O2. The summed E-state index contributed by atoms with van der Waals surface area (Å²) in [5, 5.41) is 2.38. The highest BCUT2D eigenvalue weighted by Crippen LogP contribution is 2.39. The van der Waals surface area contributed by atoms with Crippen LogP contribution in [0.15, 0.2) is 34.9 Å². The maximum absolute atomic E-state index is 13.9. The van der Waals surface area contributed by atoms with E-state index < -0.39 is 35.8 Å². The average Bonchev–Trinajstić information content (AvgIpc) is 2.86. The van der Waals surface area contributed by atoms with E-state index in [4.69, 9.17) is 4.74 Å². The van der Waals surface area contributed by atoms with Gasteiger partial charge in [0.15, 0.2) is 6.10 Å². The molecule has 2 unspecified atom stereocenters. The fourth-order valence-electron chi connectivity index (χ4n) is 2.29. The van der Waals surface area contributed by atoms with E-state index in [9.17, 15) is 18.0 Å². The van der Waals surface area contributed by atoms with Crippen LogP contribution in [0, 0.1) is 17.6 Å². The molecule has 0 aliphatic carbocycles. The van der Waals surface area contributed by atoms with E-state index in [1.807, 2.05) is 0 Å². The second-order valence-electron chi connectivity index (χ2n) is 4.65. The minimum absolute atomic E-state index is 0.00823. The smallest absolute Gasteiger partial charge is 0.408 e. The van der Waals surface area contributed by atoms with Crippen LogP contribution in [0.5, 0.6) is 0 Å². The minimum Gasteiger partial charge on any atom is -0.439 e. The van der Waals surface area contributed by atoms with E-state index >= 15 is 0 Å². The summed E-state index contributed by atoms with van der Waals surface area (Å²) in [5.41, 5.74) is -0.170. The maximum Gasteiger partial charge on any atom is 0.408 e. The van der Waals surface area contributed by atoms with Crippen LogP contribution < -0.4 is 5.32 Å². The lowest BCUT2D eigenvalue weighted by atomic mass is 9.97. The van der Waals surface area contributed by atoms with Crippen LogP contribution in [-0.4, -0.2) is 11.1 Å². The normalized spacial score (nSPS) is 20.6. The van der Waals surface area contributed by atoms with Crippen LogP contribution in [0.1, 0.15) is 23.3 Å². The van der Waals surface area contributed by atoms with E-state index in [1.54, 1.807) is 0 Å². The Hall–Kier alpha value is -2.09. The van der Waals surface area contributed by atoms with Gasteiger partial charge in [-0.05, 0) is 40.2 Å². The quantitative estimate of drug-likeness (QED) is 0.816. The molecule has 4 nitrogen and oxygen atoms in total. The number of nitrogens with one attached hydrogen (secondary N) is 1. The van der Waals surface area contributed by atoms with E-state index in [0.717, 1.165) is 18.2 Å². The number of aromatic nitrogens is 1. The van der Waals surface area contributed by atoms with E-state index in [1.165, 1.54) is 12.3 Å². The van der Waals surface area contributed by atoms with Gasteiger partial charge in [-0.25, -0.2) is 18.6 Å². The van der Waals surface area contributed by atoms with Gasteiger partial charge in [0, 0.05) is 21.8 Å². The van der Waals surface area contributed by atoms with Gasteiger partial charge in [-0.1, -0.05) is 0 Å². The van der Waals surface area contributed by atoms with E-state index in [2.05, 4.69) is 26.2 Å². The number of halogens is 4. The van der Waals surface area contributed by atoms with Crippen LogP contribution in [0.3, 0.4) is 0 Å². The molecule has 1 amide bonds. The molecule has 1 N–H and O–H groups in total. The molecule has 1 aromatic heterocycles. The predicted molar refractivity (Wildman–Crippen MR) is 73.4 cm³/mol. The van der Waals surface area contributed by atoms with E-state index in [0.29, 0.717) is 4.47 Å². The molecule has 0 bridgehead atoms. The summed E-state index contributed by atoms with van der Waals surface area (Å²) in [6.07, 6.45) is -0.805. The first-order chi connectivity index (χ1) is 10.5. The number of ether oxygens (including phenoxy) is 1. The topological polar surface area (TPSA) is 51.2 Å². The SMILES string of the molecule is O=C1NC(c2cc(Br)cnc2F)C(c2cc(F)ccc2F)O1. The zero-order chi connectivity index (χ0) is 15.9. The number of amides is 1. The molecule has 1 aliphatic heterocycles. The molecule has 22 heavy (non-hydrogen) atoms. The number of carbonyl (C=O) groups is 1. The van der Waals surface area contributed by atoms with Gasteiger partial charge < -0.3 is 10.1 Å². The van der Waals surface area contributed by atoms with Gasteiger partial charge in [0.1, 0.15) is 17.7 Å². The number of hydrogen-bond donors (Lipinski definition) is 1.